The summed E-state index contributed by atoms with van der Waals surface area (Å²) in [5, 5.41) is 6.41. The highest BCUT2D eigenvalue weighted by atomic mass is 32.2. The van der Waals surface area contributed by atoms with Gasteiger partial charge < -0.3 is 20.1 Å². The normalized spacial score (nSPS) is 14.5. The number of rotatable bonds is 6. The van der Waals surface area contributed by atoms with Crippen molar-refractivity contribution in [3.05, 3.63) is 71.9 Å². The van der Waals surface area contributed by atoms with Gasteiger partial charge in [0.15, 0.2) is 11.5 Å². The summed E-state index contributed by atoms with van der Waals surface area (Å²) in [6.07, 6.45) is 3.69. The first-order valence-corrected chi connectivity index (χ1v) is 11.2. The van der Waals surface area contributed by atoms with Gasteiger partial charge in [0.2, 0.25) is 0 Å². The first-order chi connectivity index (χ1) is 15.7. The molecular formula is C24H21N3O4S. The Morgan fingerprint density at radius 3 is 2.62 bits per heavy atom. The quantitative estimate of drug-likeness (QED) is 0.590. The molecule has 2 heterocycles. The number of nitrogens with zero attached hydrogens (tertiary/aromatic N) is 1. The zero-order valence-corrected chi connectivity index (χ0v) is 18.0. The molecule has 2 N–H and O–H groups in total. The van der Waals surface area contributed by atoms with Gasteiger partial charge in [-0.05, 0) is 61.4 Å². The molecule has 0 radical (unpaired) electrons. The summed E-state index contributed by atoms with van der Waals surface area (Å²) in [5.41, 5.74) is 1.52. The van der Waals surface area contributed by atoms with Gasteiger partial charge in [-0.2, -0.15) is 0 Å². The second kappa shape index (κ2) is 8.92. The van der Waals surface area contributed by atoms with Crippen LogP contribution in [0.25, 0.3) is 0 Å². The predicted molar refractivity (Wildman–Crippen MR) is 121 cm³/mol. The van der Waals surface area contributed by atoms with Crippen LogP contribution >= 0.6 is 11.8 Å². The van der Waals surface area contributed by atoms with Crippen molar-refractivity contribution in [2.45, 2.75) is 28.8 Å². The second-order valence-electron chi connectivity index (χ2n) is 7.55. The molecule has 1 saturated carbocycles. The van der Waals surface area contributed by atoms with Crippen LogP contribution in [0, 0.1) is 0 Å². The lowest BCUT2D eigenvalue weighted by molar-refractivity contribution is 0.0949. The van der Waals surface area contributed by atoms with Crippen molar-refractivity contribution in [1.82, 2.24) is 10.3 Å². The highest BCUT2D eigenvalue weighted by Crippen LogP contribution is 2.37. The first-order valence-electron chi connectivity index (χ1n) is 10.4. The summed E-state index contributed by atoms with van der Waals surface area (Å²) < 4.78 is 11.2. The number of carbonyl (C=O) groups excluding carboxylic acids is 2. The third kappa shape index (κ3) is 4.70. The first kappa shape index (κ1) is 20.4. The number of aromatic nitrogens is 1. The van der Waals surface area contributed by atoms with E-state index in [-0.39, 0.29) is 17.9 Å². The van der Waals surface area contributed by atoms with E-state index in [2.05, 4.69) is 15.6 Å². The van der Waals surface area contributed by atoms with Gasteiger partial charge >= 0.3 is 0 Å². The zero-order valence-electron chi connectivity index (χ0n) is 17.2. The molecule has 162 valence electrons. The average Bonchev–Trinajstić information content (AvgIpc) is 3.63. The topological polar surface area (TPSA) is 89.6 Å². The fraction of sp³-hybridized carbons (Fsp3) is 0.208. The Kier molecular flexibility index (Phi) is 5.68. The number of ether oxygens (including phenoxy) is 2. The molecule has 0 spiro atoms. The molecule has 0 atom stereocenters. The zero-order chi connectivity index (χ0) is 21.9. The van der Waals surface area contributed by atoms with Gasteiger partial charge in [0.1, 0.15) is 18.2 Å². The Morgan fingerprint density at radius 1 is 0.938 bits per heavy atom. The van der Waals surface area contributed by atoms with Crippen molar-refractivity contribution >= 4 is 29.3 Å². The molecule has 1 aliphatic carbocycles. The molecule has 5 rings (SSSR count). The molecule has 2 amide bonds. The Labute approximate surface area is 189 Å². The maximum absolute atomic E-state index is 13.0. The fourth-order valence-corrected chi connectivity index (χ4v) is 4.19. The lowest BCUT2D eigenvalue weighted by atomic mass is 10.1. The Balaban J connectivity index is 1.32. The average molecular weight is 448 g/mol. The Morgan fingerprint density at radius 2 is 1.78 bits per heavy atom. The number of anilines is 1. The van der Waals surface area contributed by atoms with Crippen LogP contribution in [0.15, 0.2) is 70.7 Å². The van der Waals surface area contributed by atoms with Crippen molar-refractivity contribution in [3.8, 4) is 11.5 Å². The molecule has 8 heteroatoms. The molecule has 2 aliphatic rings. The van der Waals surface area contributed by atoms with E-state index in [1.807, 2.05) is 18.2 Å². The molecule has 32 heavy (non-hydrogen) atoms. The number of pyridine rings is 1. The molecule has 3 aromatic rings. The van der Waals surface area contributed by atoms with Crippen LogP contribution in [0.2, 0.25) is 0 Å². The van der Waals surface area contributed by atoms with Crippen molar-refractivity contribution in [1.29, 1.82) is 0 Å². The maximum atomic E-state index is 13.0. The summed E-state index contributed by atoms with van der Waals surface area (Å²) in [5.74, 6) is 0.979. The fourth-order valence-electron chi connectivity index (χ4n) is 3.28. The summed E-state index contributed by atoms with van der Waals surface area (Å²) in [6.45, 7) is 1.05. The number of benzene rings is 2. The van der Waals surface area contributed by atoms with Gasteiger partial charge in [0.05, 0.1) is 5.56 Å². The van der Waals surface area contributed by atoms with E-state index in [1.54, 1.807) is 42.6 Å². The smallest absolute Gasteiger partial charge is 0.258 e. The van der Waals surface area contributed by atoms with E-state index in [4.69, 9.17) is 9.47 Å². The molecule has 1 aliphatic heterocycles. The van der Waals surface area contributed by atoms with E-state index in [9.17, 15) is 9.59 Å². The van der Waals surface area contributed by atoms with Crippen LogP contribution in [0.3, 0.4) is 0 Å². The minimum Gasteiger partial charge on any atom is -0.486 e. The molecule has 1 fully saturated rings. The van der Waals surface area contributed by atoms with Gasteiger partial charge in [-0.3, -0.25) is 9.59 Å². The van der Waals surface area contributed by atoms with E-state index >= 15 is 0 Å². The highest BCUT2D eigenvalue weighted by Gasteiger charge is 2.24. The van der Waals surface area contributed by atoms with E-state index in [0.29, 0.717) is 46.6 Å². The number of hydrogen-bond acceptors (Lipinski definition) is 6. The Hall–Kier alpha value is -3.52. The van der Waals surface area contributed by atoms with E-state index in [1.165, 1.54) is 11.8 Å². The largest absolute Gasteiger partial charge is 0.486 e. The molecule has 0 saturated heterocycles. The standard InChI is InChI=1S/C24H21N3O4S/c28-22(26-16-6-7-16)15-3-1-4-17(13-15)27-23(29)19-5-2-10-25-24(19)32-18-8-9-20-21(14-18)31-12-11-30-20/h1-5,8-10,13-14,16H,6-7,11-12H2,(H,26,28)(H,27,29). The lowest BCUT2D eigenvalue weighted by Gasteiger charge is -2.18. The van der Waals surface area contributed by atoms with Crippen molar-refractivity contribution < 1.29 is 19.1 Å². The van der Waals surface area contributed by atoms with Gasteiger partial charge in [-0.1, -0.05) is 17.8 Å². The van der Waals surface area contributed by atoms with Crippen LogP contribution < -0.4 is 20.1 Å². The summed E-state index contributed by atoms with van der Waals surface area (Å²) >= 11 is 1.38. The molecule has 1 aromatic heterocycles. The minimum absolute atomic E-state index is 0.125. The summed E-state index contributed by atoms with van der Waals surface area (Å²) in [7, 11) is 0. The van der Waals surface area contributed by atoms with Gasteiger partial charge in [-0.25, -0.2) is 4.98 Å². The summed E-state index contributed by atoms with van der Waals surface area (Å²) in [6, 6.07) is 16.3. The molecule has 0 unspecified atom stereocenters. The van der Waals surface area contributed by atoms with Gasteiger partial charge in [0.25, 0.3) is 11.8 Å². The van der Waals surface area contributed by atoms with Crippen LogP contribution in [0.4, 0.5) is 5.69 Å². The van der Waals surface area contributed by atoms with Crippen LogP contribution in [-0.4, -0.2) is 36.1 Å². The molecule has 0 bridgehead atoms. The number of fused-ring (bicyclic) bond motifs is 1. The molecular weight excluding hydrogens is 426 g/mol. The maximum Gasteiger partial charge on any atom is 0.258 e. The number of hydrogen-bond donors (Lipinski definition) is 2. The van der Waals surface area contributed by atoms with Gasteiger partial charge in [0, 0.05) is 28.4 Å². The molecule has 7 nitrogen and oxygen atoms in total. The van der Waals surface area contributed by atoms with Crippen molar-refractivity contribution in [2.24, 2.45) is 0 Å². The monoisotopic (exact) mass is 447 g/mol. The lowest BCUT2D eigenvalue weighted by Crippen LogP contribution is -2.25. The van der Waals surface area contributed by atoms with E-state index in [0.717, 1.165) is 17.7 Å². The SMILES string of the molecule is O=C(NC1CC1)c1cccc(NC(=O)c2cccnc2Sc2ccc3c(c2)OCCO3)c1. The van der Waals surface area contributed by atoms with Crippen molar-refractivity contribution in [2.75, 3.05) is 18.5 Å². The van der Waals surface area contributed by atoms with E-state index < -0.39 is 0 Å². The van der Waals surface area contributed by atoms with Crippen LogP contribution in [0.1, 0.15) is 33.6 Å². The Bertz CT molecular complexity index is 1180. The van der Waals surface area contributed by atoms with Crippen LogP contribution in [0.5, 0.6) is 11.5 Å². The second-order valence-corrected chi connectivity index (χ2v) is 8.61. The van der Waals surface area contributed by atoms with Crippen molar-refractivity contribution in [3.63, 3.8) is 0 Å². The predicted octanol–water partition coefficient (Wildman–Crippen LogP) is 4.15. The molecule has 2 aromatic carbocycles. The summed E-state index contributed by atoms with van der Waals surface area (Å²) in [4.78, 5) is 30.6. The minimum atomic E-state index is -0.294. The number of amides is 2. The van der Waals surface area contributed by atoms with Gasteiger partial charge in [-0.15, -0.1) is 0 Å². The third-order valence-corrected chi connectivity index (χ3v) is 6.05. The van der Waals surface area contributed by atoms with Crippen LogP contribution in [-0.2, 0) is 0 Å². The third-order valence-electron chi connectivity index (χ3n) is 5.04. The number of nitrogens with one attached hydrogen (secondary N) is 2. The highest BCUT2D eigenvalue weighted by molar-refractivity contribution is 7.99. The number of carbonyl (C=O) groups is 2.